The molecular formula is C14H22N2O2. The van der Waals surface area contributed by atoms with Crippen molar-refractivity contribution >= 4 is 5.97 Å². The Bertz CT molecular complexity index is 371. The molecule has 0 fully saturated rings. The number of nitrogens with one attached hydrogen (secondary N) is 1. The highest BCUT2D eigenvalue weighted by molar-refractivity contribution is 5.70. The molecule has 1 heterocycles. The highest BCUT2D eigenvalue weighted by Crippen LogP contribution is 2.11. The number of hydrogen-bond acceptors (Lipinski definition) is 4. The number of nitrogens with zero attached hydrogens (tertiary/aromatic N) is 1. The minimum atomic E-state index is -0.409. The molecule has 0 amide bonds. The van der Waals surface area contributed by atoms with Gasteiger partial charge in [-0.1, -0.05) is 0 Å². The summed E-state index contributed by atoms with van der Waals surface area (Å²) in [5.74, 6) is -0.170. The van der Waals surface area contributed by atoms with Crippen molar-refractivity contribution in [3.63, 3.8) is 0 Å². The fourth-order valence-corrected chi connectivity index (χ4v) is 1.55. The highest BCUT2D eigenvalue weighted by atomic mass is 16.6. The normalized spacial score (nSPS) is 13.1. The molecule has 4 nitrogen and oxygen atoms in total. The maximum absolute atomic E-state index is 11.5. The summed E-state index contributed by atoms with van der Waals surface area (Å²) in [5, 5.41) is 3.29. The van der Waals surface area contributed by atoms with Gasteiger partial charge in [-0.2, -0.15) is 0 Å². The Morgan fingerprint density at radius 2 is 2.00 bits per heavy atom. The number of ether oxygens (including phenoxy) is 1. The van der Waals surface area contributed by atoms with Gasteiger partial charge in [-0.15, -0.1) is 0 Å². The Labute approximate surface area is 109 Å². The summed E-state index contributed by atoms with van der Waals surface area (Å²) in [5.41, 5.74) is 0.752. The van der Waals surface area contributed by atoms with Crippen molar-refractivity contribution in [2.75, 3.05) is 6.54 Å². The lowest BCUT2D eigenvalue weighted by molar-refractivity contribution is -0.154. The zero-order chi connectivity index (χ0) is 13.6. The van der Waals surface area contributed by atoms with E-state index in [0.29, 0.717) is 13.0 Å². The summed E-state index contributed by atoms with van der Waals surface area (Å²) in [6.07, 6.45) is 3.91. The van der Waals surface area contributed by atoms with E-state index in [1.807, 2.05) is 32.9 Å². The van der Waals surface area contributed by atoms with Gasteiger partial charge >= 0.3 is 5.97 Å². The molecule has 0 saturated carbocycles. The molecule has 1 aromatic heterocycles. The summed E-state index contributed by atoms with van der Waals surface area (Å²) in [7, 11) is 0. The minimum Gasteiger partial charge on any atom is -0.460 e. The number of carbonyl (C=O) groups excluding carboxylic acids is 1. The van der Waals surface area contributed by atoms with Gasteiger partial charge in [0.05, 0.1) is 6.42 Å². The Hall–Kier alpha value is -1.42. The SMILES string of the molecule is C[C@@H](NCCC(=O)OC(C)(C)C)c1ccncc1. The Morgan fingerprint density at radius 3 is 2.56 bits per heavy atom. The van der Waals surface area contributed by atoms with Gasteiger partial charge in [0, 0.05) is 25.0 Å². The molecule has 0 unspecified atom stereocenters. The standard InChI is InChI=1S/C14H22N2O2/c1-11(12-5-8-15-9-6-12)16-10-7-13(17)18-14(2,3)4/h5-6,8-9,11,16H,7,10H2,1-4H3/t11-/m1/s1. The topological polar surface area (TPSA) is 51.2 Å². The summed E-state index contributed by atoms with van der Waals surface area (Å²) < 4.78 is 5.24. The second-order valence-electron chi connectivity index (χ2n) is 5.29. The van der Waals surface area contributed by atoms with Crippen LogP contribution in [0.5, 0.6) is 0 Å². The van der Waals surface area contributed by atoms with Gasteiger partial charge < -0.3 is 10.1 Å². The van der Waals surface area contributed by atoms with Crippen molar-refractivity contribution in [3.05, 3.63) is 30.1 Å². The van der Waals surface area contributed by atoms with Gasteiger partial charge in [0.15, 0.2) is 0 Å². The van der Waals surface area contributed by atoms with E-state index in [-0.39, 0.29) is 12.0 Å². The van der Waals surface area contributed by atoms with Crippen molar-refractivity contribution in [2.24, 2.45) is 0 Å². The fourth-order valence-electron chi connectivity index (χ4n) is 1.55. The first-order valence-electron chi connectivity index (χ1n) is 6.23. The second kappa shape index (κ2) is 6.50. The second-order valence-corrected chi connectivity index (χ2v) is 5.29. The fraction of sp³-hybridized carbons (Fsp3) is 0.571. The molecule has 0 saturated heterocycles. The molecule has 100 valence electrons. The van der Waals surface area contributed by atoms with Crippen LogP contribution in [0.4, 0.5) is 0 Å². The summed E-state index contributed by atoms with van der Waals surface area (Å²) in [6, 6.07) is 4.13. The molecule has 0 radical (unpaired) electrons. The summed E-state index contributed by atoms with van der Waals surface area (Å²) >= 11 is 0. The van der Waals surface area contributed by atoms with Gasteiger partial charge in [0.2, 0.25) is 0 Å². The summed E-state index contributed by atoms with van der Waals surface area (Å²) in [4.78, 5) is 15.5. The van der Waals surface area contributed by atoms with Crippen molar-refractivity contribution in [2.45, 2.75) is 45.8 Å². The largest absolute Gasteiger partial charge is 0.460 e. The predicted molar refractivity (Wildman–Crippen MR) is 71.1 cm³/mol. The highest BCUT2D eigenvalue weighted by Gasteiger charge is 2.16. The van der Waals surface area contributed by atoms with Crippen molar-refractivity contribution in [3.8, 4) is 0 Å². The minimum absolute atomic E-state index is 0.170. The monoisotopic (exact) mass is 250 g/mol. The van der Waals surface area contributed by atoms with E-state index in [9.17, 15) is 4.79 Å². The molecule has 1 N–H and O–H groups in total. The van der Waals surface area contributed by atoms with Crippen LogP contribution in [0.1, 0.15) is 45.7 Å². The van der Waals surface area contributed by atoms with Crippen LogP contribution >= 0.6 is 0 Å². The molecular weight excluding hydrogens is 228 g/mol. The molecule has 0 bridgehead atoms. The van der Waals surface area contributed by atoms with E-state index in [1.54, 1.807) is 12.4 Å². The third-order valence-electron chi connectivity index (χ3n) is 2.41. The molecule has 1 rings (SSSR count). The van der Waals surface area contributed by atoms with Crippen LogP contribution in [0.2, 0.25) is 0 Å². The van der Waals surface area contributed by atoms with Crippen LogP contribution in [-0.4, -0.2) is 23.1 Å². The van der Waals surface area contributed by atoms with Gasteiger partial charge in [-0.05, 0) is 45.4 Å². The zero-order valence-corrected chi connectivity index (χ0v) is 11.6. The van der Waals surface area contributed by atoms with E-state index < -0.39 is 5.60 Å². The Morgan fingerprint density at radius 1 is 1.39 bits per heavy atom. The van der Waals surface area contributed by atoms with Crippen molar-refractivity contribution < 1.29 is 9.53 Å². The van der Waals surface area contributed by atoms with Gasteiger partial charge in [-0.25, -0.2) is 0 Å². The molecule has 0 aliphatic heterocycles. The van der Waals surface area contributed by atoms with E-state index in [1.165, 1.54) is 0 Å². The molecule has 0 aliphatic carbocycles. The quantitative estimate of drug-likeness (QED) is 0.816. The summed E-state index contributed by atoms with van der Waals surface area (Å²) in [6.45, 7) is 8.29. The van der Waals surface area contributed by atoms with Gasteiger partial charge in [0.25, 0.3) is 0 Å². The number of aromatic nitrogens is 1. The van der Waals surface area contributed by atoms with Crippen LogP contribution in [-0.2, 0) is 9.53 Å². The maximum atomic E-state index is 11.5. The Kier molecular flexibility index (Phi) is 5.28. The molecule has 4 heteroatoms. The first-order chi connectivity index (χ1) is 8.38. The van der Waals surface area contributed by atoms with Crippen LogP contribution < -0.4 is 5.32 Å². The lowest BCUT2D eigenvalue weighted by atomic mass is 10.1. The number of carbonyl (C=O) groups is 1. The zero-order valence-electron chi connectivity index (χ0n) is 11.6. The van der Waals surface area contributed by atoms with Crippen molar-refractivity contribution in [1.82, 2.24) is 10.3 Å². The third kappa shape index (κ3) is 5.77. The van der Waals surface area contributed by atoms with Gasteiger partial charge in [-0.3, -0.25) is 9.78 Å². The van der Waals surface area contributed by atoms with Gasteiger partial charge in [0.1, 0.15) is 5.60 Å². The smallest absolute Gasteiger partial charge is 0.307 e. The molecule has 0 spiro atoms. The van der Waals surface area contributed by atoms with Crippen LogP contribution in [0.25, 0.3) is 0 Å². The molecule has 1 atom stereocenters. The van der Waals surface area contributed by atoms with E-state index in [2.05, 4.69) is 17.2 Å². The van der Waals surface area contributed by atoms with Crippen LogP contribution in [0.15, 0.2) is 24.5 Å². The van der Waals surface area contributed by atoms with E-state index >= 15 is 0 Å². The first kappa shape index (κ1) is 14.6. The number of esters is 1. The Balaban J connectivity index is 2.28. The van der Waals surface area contributed by atoms with E-state index in [0.717, 1.165) is 5.56 Å². The average molecular weight is 250 g/mol. The first-order valence-corrected chi connectivity index (χ1v) is 6.23. The van der Waals surface area contributed by atoms with Crippen molar-refractivity contribution in [1.29, 1.82) is 0 Å². The predicted octanol–water partition coefficient (Wildman–Crippen LogP) is 2.46. The number of pyridine rings is 1. The molecule has 1 aromatic rings. The molecule has 18 heavy (non-hydrogen) atoms. The lowest BCUT2D eigenvalue weighted by Gasteiger charge is -2.20. The maximum Gasteiger partial charge on any atom is 0.307 e. The van der Waals surface area contributed by atoms with Crippen LogP contribution in [0, 0.1) is 0 Å². The molecule has 0 aliphatic rings. The molecule has 0 aromatic carbocycles. The third-order valence-corrected chi connectivity index (χ3v) is 2.41. The lowest BCUT2D eigenvalue weighted by Crippen LogP contribution is -2.27. The van der Waals surface area contributed by atoms with E-state index in [4.69, 9.17) is 4.74 Å². The van der Waals surface area contributed by atoms with Crippen LogP contribution in [0.3, 0.4) is 0 Å². The number of hydrogen-bond donors (Lipinski definition) is 1. The average Bonchev–Trinajstić information content (AvgIpc) is 2.27. The number of rotatable bonds is 5.